The maximum absolute atomic E-state index is 11.6. The lowest BCUT2D eigenvalue weighted by molar-refractivity contribution is -0.141. The molecule has 0 aliphatic heterocycles. The minimum atomic E-state index is -2.69. The van der Waals surface area contributed by atoms with Gasteiger partial charge in [-0.3, -0.25) is 4.79 Å². The molecule has 0 aromatic heterocycles. The van der Waals surface area contributed by atoms with Gasteiger partial charge in [-0.1, -0.05) is 107 Å². The molecule has 0 saturated carbocycles. The molecule has 0 fully saturated rings. The normalized spacial score (nSPS) is 15.0. The van der Waals surface area contributed by atoms with Gasteiger partial charge >= 0.3 is 5.97 Å². The maximum Gasteiger partial charge on any atom is 0.305 e. The average molecular weight is 593 g/mol. The predicted octanol–water partition coefficient (Wildman–Crippen LogP) is 6.05. The monoisotopic (exact) mass is 592 g/mol. The second-order valence-corrected chi connectivity index (χ2v) is 16.7. The zero-order valence-electron chi connectivity index (χ0n) is 26.0. The van der Waals surface area contributed by atoms with Crippen LogP contribution in [0.2, 0.25) is 5.04 Å². The SMILES string of the molecule is COc1ccc(CO[C@H](CC(=O)O)[C@@H](C)CC[C@@H](O)[C@H](C)CO[Si](c2ccccc2)(c2ccccc2)C(C)(C)C)cc1. The van der Waals surface area contributed by atoms with E-state index in [2.05, 4.69) is 69.3 Å². The van der Waals surface area contributed by atoms with Crippen LogP contribution in [0.5, 0.6) is 5.75 Å². The van der Waals surface area contributed by atoms with E-state index in [1.165, 1.54) is 10.4 Å². The van der Waals surface area contributed by atoms with E-state index in [1.54, 1.807) is 7.11 Å². The summed E-state index contributed by atoms with van der Waals surface area (Å²) in [5.41, 5.74) is 0.951. The molecular formula is C35H48O6Si. The summed E-state index contributed by atoms with van der Waals surface area (Å²) in [7, 11) is -1.07. The Hall–Kier alpha value is -2.97. The first-order valence-electron chi connectivity index (χ1n) is 14.9. The van der Waals surface area contributed by atoms with E-state index >= 15 is 0 Å². The summed E-state index contributed by atoms with van der Waals surface area (Å²) in [6.45, 7) is 11.5. The highest BCUT2D eigenvalue weighted by molar-refractivity contribution is 6.99. The molecule has 0 aliphatic rings. The van der Waals surface area contributed by atoms with Crippen LogP contribution in [0.25, 0.3) is 0 Å². The molecule has 0 spiro atoms. The number of aliphatic hydroxyl groups excluding tert-OH is 1. The van der Waals surface area contributed by atoms with Crippen molar-refractivity contribution >= 4 is 24.7 Å². The predicted molar refractivity (Wildman–Crippen MR) is 171 cm³/mol. The molecule has 228 valence electrons. The summed E-state index contributed by atoms with van der Waals surface area (Å²) >= 11 is 0. The molecule has 6 nitrogen and oxygen atoms in total. The van der Waals surface area contributed by atoms with Crippen LogP contribution in [-0.2, 0) is 20.6 Å². The number of methoxy groups -OCH3 is 1. The first-order valence-corrected chi connectivity index (χ1v) is 16.8. The Morgan fingerprint density at radius 2 is 1.38 bits per heavy atom. The summed E-state index contributed by atoms with van der Waals surface area (Å²) in [4.78, 5) is 11.6. The second kappa shape index (κ2) is 15.5. The molecule has 3 aromatic rings. The third kappa shape index (κ3) is 8.77. The standard InChI is InChI=1S/C35H48O6Si/c1-26(33(23-34(37)38)40-25-28-18-20-29(39-6)21-19-28)17-22-32(36)27(2)24-41-42(35(3,4)5,30-13-9-7-10-14-30)31-15-11-8-12-16-31/h7-16,18-21,26-27,32-33,36H,17,22-25H2,1-6H3,(H,37,38)/t26-,27+,32+,33+/m0/s1. The first-order chi connectivity index (χ1) is 20.0. The Kier molecular flexibility index (Phi) is 12.4. The van der Waals surface area contributed by atoms with Gasteiger partial charge in [0.2, 0.25) is 0 Å². The van der Waals surface area contributed by atoms with Crippen molar-refractivity contribution in [3.8, 4) is 5.75 Å². The number of ether oxygens (including phenoxy) is 2. The third-order valence-electron chi connectivity index (χ3n) is 8.19. The van der Waals surface area contributed by atoms with Crippen LogP contribution in [-0.4, -0.2) is 50.4 Å². The Balaban J connectivity index is 1.66. The van der Waals surface area contributed by atoms with Crippen molar-refractivity contribution in [1.82, 2.24) is 0 Å². The molecule has 2 N–H and O–H groups in total. The Labute approximate surface area is 252 Å². The minimum Gasteiger partial charge on any atom is -0.497 e. The summed E-state index contributed by atoms with van der Waals surface area (Å²) in [5, 5.41) is 23.0. The second-order valence-electron chi connectivity index (χ2n) is 12.4. The highest BCUT2D eigenvalue weighted by atomic mass is 28.4. The van der Waals surface area contributed by atoms with Gasteiger partial charge in [0.25, 0.3) is 8.32 Å². The molecule has 0 aliphatic carbocycles. The van der Waals surface area contributed by atoms with Crippen molar-refractivity contribution in [1.29, 1.82) is 0 Å². The first kappa shape index (κ1) is 33.5. The number of carboxylic acids is 1. The molecule has 7 heteroatoms. The van der Waals surface area contributed by atoms with Crippen molar-refractivity contribution in [2.24, 2.45) is 11.8 Å². The molecule has 0 bridgehead atoms. The number of carboxylic acid groups (broad SMARTS) is 1. The molecule has 0 unspecified atom stereocenters. The topological polar surface area (TPSA) is 85.2 Å². The van der Waals surface area contributed by atoms with Gasteiger partial charge < -0.3 is 24.1 Å². The van der Waals surface area contributed by atoms with Gasteiger partial charge in [0.1, 0.15) is 5.75 Å². The van der Waals surface area contributed by atoms with E-state index in [9.17, 15) is 15.0 Å². The van der Waals surface area contributed by atoms with Gasteiger partial charge in [-0.15, -0.1) is 0 Å². The average Bonchev–Trinajstić information content (AvgIpc) is 2.98. The highest BCUT2D eigenvalue weighted by Crippen LogP contribution is 2.37. The van der Waals surface area contributed by atoms with Crippen LogP contribution in [0, 0.1) is 11.8 Å². The Morgan fingerprint density at radius 3 is 1.86 bits per heavy atom. The lowest BCUT2D eigenvalue weighted by atomic mass is 9.92. The van der Waals surface area contributed by atoms with E-state index in [4.69, 9.17) is 13.9 Å². The number of benzene rings is 3. The zero-order chi connectivity index (χ0) is 30.8. The largest absolute Gasteiger partial charge is 0.497 e. The molecule has 3 aromatic carbocycles. The smallest absolute Gasteiger partial charge is 0.305 e. The quantitative estimate of drug-likeness (QED) is 0.197. The molecule has 0 amide bonds. The molecule has 0 radical (unpaired) electrons. The fraction of sp³-hybridized carbons (Fsp3) is 0.457. The molecule has 42 heavy (non-hydrogen) atoms. The van der Waals surface area contributed by atoms with E-state index < -0.39 is 26.5 Å². The van der Waals surface area contributed by atoms with Gasteiger partial charge in [-0.2, -0.15) is 0 Å². The fourth-order valence-electron chi connectivity index (χ4n) is 5.55. The van der Waals surface area contributed by atoms with Crippen molar-refractivity contribution in [3.63, 3.8) is 0 Å². The van der Waals surface area contributed by atoms with Crippen LogP contribution in [0.15, 0.2) is 84.9 Å². The van der Waals surface area contributed by atoms with E-state index in [-0.39, 0.29) is 23.3 Å². The number of hydrogen-bond acceptors (Lipinski definition) is 5. The number of carbonyl (C=O) groups is 1. The summed E-state index contributed by atoms with van der Waals surface area (Å²) in [6.07, 6.45) is 0.0536. The number of hydrogen-bond donors (Lipinski definition) is 2. The van der Waals surface area contributed by atoms with Crippen molar-refractivity contribution in [2.75, 3.05) is 13.7 Å². The van der Waals surface area contributed by atoms with E-state index in [0.717, 1.165) is 11.3 Å². The van der Waals surface area contributed by atoms with Gasteiger partial charge in [0.15, 0.2) is 0 Å². The van der Waals surface area contributed by atoms with Crippen molar-refractivity contribution in [3.05, 3.63) is 90.5 Å². The number of rotatable bonds is 16. The lowest BCUT2D eigenvalue weighted by Gasteiger charge is -2.43. The van der Waals surface area contributed by atoms with Crippen LogP contribution in [0.1, 0.15) is 59.4 Å². The van der Waals surface area contributed by atoms with Crippen molar-refractivity contribution < 1.29 is 28.9 Å². The maximum atomic E-state index is 11.6. The zero-order valence-corrected chi connectivity index (χ0v) is 27.0. The van der Waals surface area contributed by atoms with Gasteiger partial charge in [-0.05, 0) is 51.9 Å². The van der Waals surface area contributed by atoms with Crippen LogP contribution < -0.4 is 15.1 Å². The lowest BCUT2D eigenvalue weighted by Crippen LogP contribution is -2.67. The van der Waals surface area contributed by atoms with Gasteiger partial charge in [0.05, 0.1) is 32.3 Å². The van der Waals surface area contributed by atoms with Crippen LogP contribution in [0.4, 0.5) is 0 Å². The fourth-order valence-corrected chi connectivity index (χ4v) is 10.2. The summed E-state index contributed by atoms with van der Waals surface area (Å²) in [5.74, 6) is -0.277. The number of aliphatic carboxylic acids is 1. The Bertz CT molecular complexity index is 1170. The Morgan fingerprint density at radius 1 is 0.833 bits per heavy atom. The molecule has 3 rings (SSSR count). The molecule has 0 saturated heterocycles. The minimum absolute atomic E-state index is 0.0428. The van der Waals surface area contributed by atoms with Crippen molar-refractivity contribution in [2.45, 2.75) is 77.7 Å². The summed E-state index contributed by atoms with van der Waals surface area (Å²) in [6, 6.07) is 28.6. The summed E-state index contributed by atoms with van der Waals surface area (Å²) < 4.78 is 18.3. The van der Waals surface area contributed by atoms with Gasteiger partial charge in [-0.25, -0.2) is 0 Å². The van der Waals surface area contributed by atoms with E-state index in [1.807, 2.05) is 50.2 Å². The molecule has 0 heterocycles. The number of aliphatic hydroxyl groups is 1. The third-order valence-corrected chi connectivity index (χ3v) is 13.2. The van der Waals surface area contributed by atoms with Crippen LogP contribution in [0.3, 0.4) is 0 Å². The van der Waals surface area contributed by atoms with Gasteiger partial charge in [0, 0.05) is 12.5 Å². The van der Waals surface area contributed by atoms with Crippen LogP contribution >= 0.6 is 0 Å². The molecular weight excluding hydrogens is 544 g/mol. The molecule has 4 atom stereocenters. The highest BCUT2D eigenvalue weighted by Gasteiger charge is 2.50. The van der Waals surface area contributed by atoms with E-state index in [0.29, 0.717) is 26.1 Å².